The maximum absolute atomic E-state index is 12.3. The first-order valence-electron chi connectivity index (χ1n) is 6.03. The molecule has 0 aliphatic heterocycles. The van der Waals surface area contributed by atoms with Gasteiger partial charge in [0, 0.05) is 16.1 Å². The van der Waals surface area contributed by atoms with Gasteiger partial charge in [0.2, 0.25) is 0 Å². The molecule has 0 atom stereocenters. The second-order valence-electron chi connectivity index (χ2n) is 4.18. The average Bonchev–Trinajstić information content (AvgIpc) is 2.49. The zero-order valence-electron chi connectivity index (χ0n) is 11.4. The Hall–Kier alpha value is -1.72. The molecular formula is C15H13BrClNO3. The van der Waals surface area contributed by atoms with Gasteiger partial charge in [-0.2, -0.15) is 0 Å². The Bertz CT molecular complexity index is 654. The number of hydrogen-bond donors (Lipinski definition) is 1. The van der Waals surface area contributed by atoms with Crippen molar-refractivity contribution >= 4 is 39.1 Å². The summed E-state index contributed by atoms with van der Waals surface area (Å²) >= 11 is 9.40. The van der Waals surface area contributed by atoms with Gasteiger partial charge >= 0.3 is 0 Å². The number of benzene rings is 2. The van der Waals surface area contributed by atoms with Gasteiger partial charge in [0.15, 0.2) is 0 Å². The third-order valence-electron chi connectivity index (χ3n) is 2.79. The van der Waals surface area contributed by atoms with Gasteiger partial charge in [-0.3, -0.25) is 4.79 Å². The molecule has 110 valence electrons. The summed E-state index contributed by atoms with van der Waals surface area (Å²) in [5, 5.41) is 3.20. The molecule has 0 saturated heterocycles. The molecule has 0 aliphatic carbocycles. The van der Waals surface area contributed by atoms with Crippen LogP contribution in [0.5, 0.6) is 11.5 Å². The van der Waals surface area contributed by atoms with Crippen LogP contribution in [0.4, 0.5) is 5.69 Å². The van der Waals surface area contributed by atoms with Crippen LogP contribution in [-0.2, 0) is 0 Å². The molecule has 0 bridgehead atoms. The number of methoxy groups -OCH3 is 2. The lowest BCUT2D eigenvalue weighted by molar-refractivity contribution is 0.102. The minimum absolute atomic E-state index is 0.295. The van der Waals surface area contributed by atoms with Crippen molar-refractivity contribution < 1.29 is 14.3 Å². The predicted octanol–water partition coefficient (Wildman–Crippen LogP) is 4.37. The van der Waals surface area contributed by atoms with Crippen molar-refractivity contribution in [2.45, 2.75) is 0 Å². The number of amides is 1. The van der Waals surface area contributed by atoms with Crippen LogP contribution in [-0.4, -0.2) is 20.1 Å². The lowest BCUT2D eigenvalue weighted by Crippen LogP contribution is -2.12. The molecule has 6 heteroatoms. The molecule has 0 spiro atoms. The van der Waals surface area contributed by atoms with E-state index in [2.05, 4.69) is 21.2 Å². The van der Waals surface area contributed by atoms with E-state index in [-0.39, 0.29) is 5.91 Å². The van der Waals surface area contributed by atoms with Crippen LogP contribution in [0.1, 0.15) is 10.4 Å². The molecular weight excluding hydrogens is 358 g/mol. The quantitative estimate of drug-likeness (QED) is 0.869. The molecule has 0 heterocycles. The Kier molecular flexibility index (Phi) is 5.09. The lowest BCUT2D eigenvalue weighted by atomic mass is 10.2. The first kappa shape index (κ1) is 15.7. The SMILES string of the molecule is COc1cc(OC)cc(C(=O)Nc2ccc(Br)cc2Cl)c1. The van der Waals surface area contributed by atoms with Gasteiger partial charge in [-0.25, -0.2) is 0 Å². The van der Waals surface area contributed by atoms with E-state index < -0.39 is 0 Å². The number of hydrogen-bond acceptors (Lipinski definition) is 3. The summed E-state index contributed by atoms with van der Waals surface area (Å²) in [5.41, 5.74) is 0.955. The molecule has 0 aliphatic rings. The van der Waals surface area contributed by atoms with Crippen molar-refractivity contribution in [3.63, 3.8) is 0 Å². The van der Waals surface area contributed by atoms with E-state index >= 15 is 0 Å². The van der Waals surface area contributed by atoms with Gasteiger partial charge in [-0.15, -0.1) is 0 Å². The molecule has 1 amide bonds. The Morgan fingerprint density at radius 2 is 1.71 bits per heavy atom. The summed E-state index contributed by atoms with van der Waals surface area (Å²) in [6.45, 7) is 0. The van der Waals surface area contributed by atoms with Crippen LogP contribution < -0.4 is 14.8 Å². The molecule has 21 heavy (non-hydrogen) atoms. The van der Waals surface area contributed by atoms with E-state index in [1.807, 2.05) is 0 Å². The molecule has 2 rings (SSSR count). The lowest BCUT2D eigenvalue weighted by Gasteiger charge is -2.10. The van der Waals surface area contributed by atoms with Crippen molar-refractivity contribution in [2.24, 2.45) is 0 Å². The smallest absolute Gasteiger partial charge is 0.255 e. The van der Waals surface area contributed by atoms with E-state index in [1.54, 1.807) is 36.4 Å². The summed E-state index contributed by atoms with van der Waals surface area (Å²) in [5.74, 6) is 0.791. The number of anilines is 1. The van der Waals surface area contributed by atoms with Gasteiger partial charge in [0.05, 0.1) is 24.9 Å². The van der Waals surface area contributed by atoms with Gasteiger partial charge in [-0.1, -0.05) is 27.5 Å². The highest BCUT2D eigenvalue weighted by molar-refractivity contribution is 9.10. The number of carbonyl (C=O) groups excluding carboxylic acids is 1. The summed E-state index contributed by atoms with van der Waals surface area (Å²) in [6.07, 6.45) is 0. The summed E-state index contributed by atoms with van der Waals surface area (Å²) in [6, 6.07) is 10.2. The van der Waals surface area contributed by atoms with E-state index in [1.165, 1.54) is 14.2 Å². The number of rotatable bonds is 4. The van der Waals surface area contributed by atoms with Crippen molar-refractivity contribution in [3.8, 4) is 11.5 Å². The van der Waals surface area contributed by atoms with Gasteiger partial charge in [-0.05, 0) is 30.3 Å². The Morgan fingerprint density at radius 1 is 1.10 bits per heavy atom. The summed E-state index contributed by atoms with van der Waals surface area (Å²) in [7, 11) is 3.06. The predicted molar refractivity (Wildman–Crippen MR) is 86.7 cm³/mol. The van der Waals surface area contributed by atoms with Gasteiger partial charge in [0.1, 0.15) is 11.5 Å². The molecule has 0 aromatic heterocycles. The Balaban J connectivity index is 2.27. The Morgan fingerprint density at radius 3 is 2.24 bits per heavy atom. The molecule has 2 aromatic carbocycles. The summed E-state index contributed by atoms with van der Waals surface area (Å²) < 4.78 is 11.1. The van der Waals surface area contributed by atoms with Gasteiger partial charge < -0.3 is 14.8 Å². The topological polar surface area (TPSA) is 47.6 Å². The van der Waals surface area contributed by atoms with E-state index in [0.29, 0.717) is 27.8 Å². The van der Waals surface area contributed by atoms with E-state index in [4.69, 9.17) is 21.1 Å². The van der Waals surface area contributed by atoms with Crippen molar-refractivity contribution in [2.75, 3.05) is 19.5 Å². The minimum atomic E-state index is -0.295. The first-order chi connectivity index (χ1) is 10.0. The highest BCUT2D eigenvalue weighted by atomic mass is 79.9. The standard InChI is InChI=1S/C15H13BrClNO3/c1-20-11-5-9(6-12(8-11)21-2)15(19)18-14-4-3-10(16)7-13(14)17/h3-8H,1-2H3,(H,18,19). The second kappa shape index (κ2) is 6.83. The third-order valence-corrected chi connectivity index (χ3v) is 3.60. The zero-order chi connectivity index (χ0) is 15.4. The molecule has 0 unspecified atom stereocenters. The monoisotopic (exact) mass is 369 g/mol. The fourth-order valence-electron chi connectivity index (χ4n) is 1.72. The third kappa shape index (κ3) is 3.89. The van der Waals surface area contributed by atoms with Crippen LogP contribution in [0.25, 0.3) is 0 Å². The van der Waals surface area contributed by atoms with E-state index in [9.17, 15) is 4.79 Å². The van der Waals surface area contributed by atoms with E-state index in [0.717, 1.165) is 4.47 Å². The minimum Gasteiger partial charge on any atom is -0.497 e. The van der Waals surface area contributed by atoms with Gasteiger partial charge in [0.25, 0.3) is 5.91 Å². The highest BCUT2D eigenvalue weighted by Crippen LogP contribution is 2.27. The molecule has 0 fully saturated rings. The van der Waals surface area contributed by atoms with Crippen molar-refractivity contribution in [1.29, 1.82) is 0 Å². The molecule has 2 aromatic rings. The van der Waals surface area contributed by atoms with Crippen LogP contribution in [0.15, 0.2) is 40.9 Å². The molecule has 0 saturated carbocycles. The first-order valence-corrected chi connectivity index (χ1v) is 7.20. The normalized spacial score (nSPS) is 10.1. The highest BCUT2D eigenvalue weighted by Gasteiger charge is 2.12. The number of ether oxygens (including phenoxy) is 2. The van der Waals surface area contributed by atoms with Crippen molar-refractivity contribution in [1.82, 2.24) is 0 Å². The van der Waals surface area contributed by atoms with Crippen molar-refractivity contribution in [3.05, 3.63) is 51.5 Å². The maximum Gasteiger partial charge on any atom is 0.255 e. The largest absolute Gasteiger partial charge is 0.497 e. The number of halogens is 2. The maximum atomic E-state index is 12.3. The van der Waals surface area contributed by atoms with Crippen LogP contribution in [0, 0.1) is 0 Å². The fourth-order valence-corrected chi connectivity index (χ4v) is 2.44. The Labute approximate surface area is 136 Å². The molecule has 1 N–H and O–H groups in total. The average molecular weight is 371 g/mol. The van der Waals surface area contributed by atoms with Crippen LogP contribution in [0.2, 0.25) is 5.02 Å². The number of carbonyl (C=O) groups is 1. The zero-order valence-corrected chi connectivity index (χ0v) is 13.8. The molecule has 4 nitrogen and oxygen atoms in total. The van der Waals surface area contributed by atoms with Crippen LogP contribution >= 0.6 is 27.5 Å². The summed E-state index contributed by atoms with van der Waals surface area (Å²) in [4.78, 5) is 12.3. The molecule has 0 radical (unpaired) electrons. The van der Waals surface area contributed by atoms with Crippen LogP contribution in [0.3, 0.4) is 0 Å². The second-order valence-corrected chi connectivity index (χ2v) is 5.50. The number of nitrogens with one attached hydrogen (secondary N) is 1. The fraction of sp³-hybridized carbons (Fsp3) is 0.133.